The van der Waals surface area contributed by atoms with E-state index < -0.39 is 5.97 Å². The van der Waals surface area contributed by atoms with Gasteiger partial charge in [0.15, 0.2) is 0 Å². The van der Waals surface area contributed by atoms with Gasteiger partial charge < -0.3 is 9.84 Å². The van der Waals surface area contributed by atoms with Crippen molar-refractivity contribution in [3.05, 3.63) is 22.2 Å². The molecule has 0 bridgehead atoms. The van der Waals surface area contributed by atoms with E-state index >= 15 is 0 Å². The van der Waals surface area contributed by atoms with E-state index in [1.54, 1.807) is 11.5 Å². The highest BCUT2D eigenvalue weighted by atomic mass is 32.1. The molecule has 0 spiro atoms. The van der Waals surface area contributed by atoms with Crippen LogP contribution in [0.25, 0.3) is 6.08 Å². The van der Waals surface area contributed by atoms with Gasteiger partial charge in [0.05, 0.1) is 19.4 Å². The number of hydrogen-bond donors (Lipinski definition) is 1. The molecule has 1 aromatic heterocycles. The van der Waals surface area contributed by atoms with Crippen LogP contribution in [0.5, 0.6) is 0 Å². The first-order chi connectivity index (χ1) is 6.26. The lowest BCUT2D eigenvalue weighted by atomic mass is 10.5. The molecular formula is C8H9NO3S. The van der Waals surface area contributed by atoms with E-state index in [4.69, 9.17) is 5.11 Å². The minimum absolute atomic E-state index is 0.0808. The maximum atomic E-state index is 10.7. The Morgan fingerprint density at radius 3 is 3.15 bits per heavy atom. The number of thiazole rings is 1. The van der Waals surface area contributed by atoms with Crippen LogP contribution in [-0.4, -0.2) is 23.2 Å². The summed E-state index contributed by atoms with van der Waals surface area (Å²) in [6.45, 7) is -0.0808. The van der Waals surface area contributed by atoms with E-state index in [9.17, 15) is 4.79 Å². The number of aliphatic hydroxyl groups is 1. The summed E-state index contributed by atoms with van der Waals surface area (Å²) in [5, 5.41) is 11.1. The number of aromatic nitrogens is 1. The molecule has 1 aromatic rings. The largest absolute Gasteiger partial charge is 0.466 e. The number of nitrogens with zero attached hydrogens (tertiary/aromatic N) is 1. The predicted octanol–water partition coefficient (Wildman–Crippen LogP) is 0.822. The van der Waals surface area contributed by atoms with Gasteiger partial charge >= 0.3 is 5.97 Å². The summed E-state index contributed by atoms with van der Waals surface area (Å²) in [4.78, 5) is 14.7. The van der Waals surface area contributed by atoms with Crippen molar-refractivity contribution in [3.63, 3.8) is 0 Å². The molecule has 4 nitrogen and oxygen atoms in total. The van der Waals surface area contributed by atoms with Crippen molar-refractivity contribution in [2.24, 2.45) is 0 Å². The molecule has 0 fully saturated rings. The zero-order chi connectivity index (χ0) is 9.68. The summed E-state index contributed by atoms with van der Waals surface area (Å²) >= 11 is 1.36. The average molecular weight is 199 g/mol. The molecule has 0 saturated heterocycles. The third kappa shape index (κ3) is 2.96. The fraction of sp³-hybridized carbons (Fsp3) is 0.250. The monoisotopic (exact) mass is 199 g/mol. The highest BCUT2D eigenvalue weighted by Crippen LogP contribution is 2.11. The zero-order valence-electron chi connectivity index (χ0n) is 7.06. The van der Waals surface area contributed by atoms with Gasteiger partial charge in [0, 0.05) is 11.5 Å². The minimum Gasteiger partial charge on any atom is -0.466 e. The minimum atomic E-state index is -0.416. The zero-order valence-corrected chi connectivity index (χ0v) is 7.87. The molecule has 5 heteroatoms. The van der Waals surface area contributed by atoms with Crippen LogP contribution in [0.3, 0.4) is 0 Å². The smallest absolute Gasteiger partial charge is 0.330 e. The quantitative estimate of drug-likeness (QED) is 0.578. The summed E-state index contributed by atoms with van der Waals surface area (Å²) in [5.74, 6) is -0.416. The molecular weight excluding hydrogens is 190 g/mol. The van der Waals surface area contributed by atoms with Gasteiger partial charge in [0.25, 0.3) is 0 Å². The van der Waals surface area contributed by atoms with Gasteiger partial charge in [0.2, 0.25) is 0 Å². The molecule has 13 heavy (non-hydrogen) atoms. The molecule has 0 aromatic carbocycles. The predicted molar refractivity (Wildman–Crippen MR) is 49.1 cm³/mol. The number of carbonyl (C=O) groups excluding carboxylic acids is 1. The Kier molecular flexibility index (Phi) is 3.60. The number of aliphatic hydroxyl groups excluding tert-OH is 1. The van der Waals surface area contributed by atoms with E-state index in [-0.39, 0.29) is 6.61 Å². The van der Waals surface area contributed by atoms with Crippen molar-refractivity contribution < 1.29 is 14.6 Å². The molecule has 0 aliphatic carbocycles. The summed E-state index contributed by atoms with van der Waals surface area (Å²) < 4.78 is 4.41. The standard InChI is InChI=1S/C8H9NO3S/c1-12-8(11)3-2-7-9-6(4-10)5-13-7/h2-3,5,10H,4H2,1H3. The van der Waals surface area contributed by atoms with Crippen LogP contribution >= 0.6 is 11.3 Å². The molecule has 0 aliphatic rings. The summed E-state index contributed by atoms with van der Waals surface area (Å²) in [6, 6.07) is 0. The van der Waals surface area contributed by atoms with E-state index in [1.807, 2.05) is 0 Å². The second kappa shape index (κ2) is 4.74. The third-order valence-corrected chi connectivity index (χ3v) is 2.15. The number of hydrogen-bond acceptors (Lipinski definition) is 5. The first-order valence-electron chi connectivity index (χ1n) is 3.57. The van der Waals surface area contributed by atoms with Crippen molar-refractivity contribution in [2.75, 3.05) is 7.11 Å². The van der Waals surface area contributed by atoms with Crippen LogP contribution in [0.2, 0.25) is 0 Å². The van der Waals surface area contributed by atoms with E-state index in [2.05, 4.69) is 9.72 Å². The van der Waals surface area contributed by atoms with Crippen LogP contribution in [0.4, 0.5) is 0 Å². The first-order valence-corrected chi connectivity index (χ1v) is 4.45. The Bertz CT molecular complexity index is 319. The van der Waals surface area contributed by atoms with Gasteiger partial charge in [-0.1, -0.05) is 0 Å². The fourth-order valence-corrected chi connectivity index (χ4v) is 1.38. The van der Waals surface area contributed by atoms with E-state index in [0.717, 1.165) is 0 Å². The lowest BCUT2D eigenvalue weighted by molar-refractivity contribution is -0.134. The number of esters is 1. The molecule has 1 heterocycles. The SMILES string of the molecule is COC(=O)C=Cc1nc(CO)cs1. The van der Waals surface area contributed by atoms with Gasteiger partial charge in [-0.25, -0.2) is 9.78 Å². The number of carbonyl (C=O) groups is 1. The lowest BCUT2D eigenvalue weighted by Gasteiger charge is -1.87. The second-order valence-electron chi connectivity index (χ2n) is 2.19. The maximum absolute atomic E-state index is 10.7. The highest BCUT2D eigenvalue weighted by Gasteiger charge is 1.97. The molecule has 70 valence electrons. The van der Waals surface area contributed by atoms with Crippen molar-refractivity contribution in [1.29, 1.82) is 0 Å². The van der Waals surface area contributed by atoms with Crippen molar-refractivity contribution in [3.8, 4) is 0 Å². The highest BCUT2D eigenvalue weighted by molar-refractivity contribution is 7.10. The van der Waals surface area contributed by atoms with Crippen molar-refractivity contribution >= 4 is 23.4 Å². The van der Waals surface area contributed by atoms with Gasteiger partial charge in [0.1, 0.15) is 5.01 Å². The molecule has 0 amide bonds. The van der Waals surface area contributed by atoms with Gasteiger partial charge in [-0.15, -0.1) is 11.3 Å². The molecule has 0 atom stereocenters. The van der Waals surface area contributed by atoms with Crippen LogP contribution < -0.4 is 0 Å². The van der Waals surface area contributed by atoms with Gasteiger partial charge in [-0.2, -0.15) is 0 Å². The molecule has 0 saturated carbocycles. The third-order valence-electron chi connectivity index (χ3n) is 1.29. The van der Waals surface area contributed by atoms with E-state index in [1.165, 1.54) is 24.5 Å². The first kappa shape index (κ1) is 9.88. The molecule has 1 rings (SSSR count). The summed E-state index contributed by atoms with van der Waals surface area (Å²) in [5.41, 5.74) is 0.606. The molecule has 0 unspecified atom stereocenters. The molecule has 0 radical (unpaired) electrons. The Balaban J connectivity index is 2.63. The molecule has 1 N–H and O–H groups in total. The summed E-state index contributed by atoms with van der Waals surface area (Å²) in [7, 11) is 1.31. The van der Waals surface area contributed by atoms with Crippen LogP contribution in [-0.2, 0) is 16.1 Å². The van der Waals surface area contributed by atoms with Crippen LogP contribution in [0.15, 0.2) is 11.5 Å². The second-order valence-corrected chi connectivity index (χ2v) is 3.08. The maximum Gasteiger partial charge on any atom is 0.330 e. The Hall–Kier alpha value is -1.20. The molecule has 0 aliphatic heterocycles. The van der Waals surface area contributed by atoms with Crippen LogP contribution in [0, 0.1) is 0 Å². The van der Waals surface area contributed by atoms with Crippen LogP contribution in [0.1, 0.15) is 10.7 Å². The van der Waals surface area contributed by atoms with Gasteiger partial charge in [-0.05, 0) is 6.08 Å². The lowest BCUT2D eigenvalue weighted by Crippen LogP contribution is -1.93. The Morgan fingerprint density at radius 1 is 1.85 bits per heavy atom. The van der Waals surface area contributed by atoms with E-state index in [0.29, 0.717) is 10.7 Å². The normalized spacial score (nSPS) is 10.6. The van der Waals surface area contributed by atoms with Crippen molar-refractivity contribution in [2.45, 2.75) is 6.61 Å². The summed E-state index contributed by atoms with van der Waals surface area (Å²) in [6.07, 6.45) is 2.84. The number of methoxy groups -OCH3 is 1. The Labute approximate surface area is 79.5 Å². The van der Waals surface area contributed by atoms with Crippen molar-refractivity contribution in [1.82, 2.24) is 4.98 Å². The number of ether oxygens (including phenoxy) is 1. The Morgan fingerprint density at radius 2 is 2.62 bits per heavy atom. The number of rotatable bonds is 3. The fourth-order valence-electron chi connectivity index (χ4n) is 0.679. The van der Waals surface area contributed by atoms with Gasteiger partial charge in [-0.3, -0.25) is 0 Å². The topological polar surface area (TPSA) is 59.4 Å². The average Bonchev–Trinajstić information content (AvgIpc) is 2.61.